The van der Waals surface area contributed by atoms with Gasteiger partial charge in [0, 0.05) is 19.5 Å². The molecule has 1 aromatic rings. The van der Waals surface area contributed by atoms with Gasteiger partial charge in [-0.2, -0.15) is 5.10 Å². The summed E-state index contributed by atoms with van der Waals surface area (Å²) >= 11 is 0. The molecule has 0 saturated carbocycles. The van der Waals surface area contributed by atoms with E-state index in [4.69, 9.17) is 5.73 Å². The number of hydrogen-bond acceptors (Lipinski definition) is 4. The summed E-state index contributed by atoms with van der Waals surface area (Å²) in [5.41, 5.74) is 6.39. The fourth-order valence-corrected chi connectivity index (χ4v) is 1.79. The van der Waals surface area contributed by atoms with Crippen molar-refractivity contribution in [3.8, 4) is 0 Å². The number of rotatable bonds is 3. The van der Waals surface area contributed by atoms with Crippen LogP contribution in [0.25, 0.3) is 0 Å². The third-order valence-corrected chi connectivity index (χ3v) is 3.90. The summed E-state index contributed by atoms with van der Waals surface area (Å²) in [6.07, 6.45) is 2.92. The monoisotopic (exact) mass is 217 g/mol. The van der Waals surface area contributed by atoms with Crippen LogP contribution in [0.1, 0.15) is 18.7 Å². The number of aromatic nitrogens is 2. The van der Waals surface area contributed by atoms with Crippen molar-refractivity contribution < 1.29 is 8.42 Å². The summed E-state index contributed by atoms with van der Waals surface area (Å²) < 4.78 is 24.1. The molecule has 0 radical (unpaired) electrons. The van der Waals surface area contributed by atoms with Crippen LogP contribution in [-0.2, 0) is 16.9 Å². The molecule has 2 atom stereocenters. The molecule has 0 aliphatic carbocycles. The fourth-order valence-electron chi connectivity index (χ4n) is 1.12. The lowest BCUT2D eigenvalue weighted by Crippen LogP contribution is -2.30. The lowest BCUT2D eigenvalue weighted by molar-refractivity contribution is 0.563. The molecule has 2 N–H and O–H groups in total. The molecule has 6 heteroatoms. The van der Waals surface area contributed by atoms with Crippen molar-refractivity contribution >= 4 is 9.84 Å². The third kappa shape index (κ3) is 2.33. The normalized spacial score (nSPS) is 16.6. The Labute approximate surface area is 83.8 Å². The number of nitrogens with zero attached hydrogens (tertiary/aromatic N) is 2. The van der Waals surface area contributed by atoms with Gasteiger partial charge in [0.15, 0.2) is 9.84 Å². The second-order valence-electron chi connectivity index (χ2n) is 3.47. The largest absolute Gasteiger partial charge is 0.322 e. The summed E-state index contributed by atoms with van der Waals surface area (Å²) in [4.78, 5) is 0. The molecule has 0 spiro atoms. The van der Waals surface area contributed by atoms with Crippen LogP contribution < -0.4 is 5.73 Å². The molecule has 0 fully saturated rings. The standard InChI is InChI=1S/C8H15N3O2S/c1-6(14(3,12)13)8(9)7-4-5-11(2)10-7/h4-6,8H,9H2,1-3H3. The summed E-state index contributed by atoms with van der Waals surface area (Å²) in [6.45, 7) is 1.59. The number of aryl methyl sites for hydroxylation is 1. The molecule has 80 valence electrons. The molecule has 1 rings (SSSR count). The predicted octanol–water partition coefficient (Wildman–Crippen LogP) is -0.147. The highest BCUT2D eigenvalue weighted by atomic mass is 32.2. The van der Waals surface area contributed by atoms with E-state index in [1.54, 1.807) is 30.9 Å². The molecule has 0 aliphatic rings. The van der Waals surface area contributed by atoms with E-state index in [0.29, 0.717) is 5.69 Å². The average molecular weight is 217 g/mol. The lowest BCUT2D eigenvalue weighted by atomic mass is 10.2. The Balaban J connectivity index is 2.91. The van der Waals surface area contributed by atoms with Crippen LogP contribution in [0.4, 0.5) is 0 Å². The third-order valence-electron chi connectivity index (χ3n) is 2.26. The van der Waals surface area contributed by atoms with E-state index >= 15 is 0 Å². The lowest BCUT2D eigenvalue weighted by Gasteiger charge is -2.15. The maximum atomic E-state index is 11.2. The van der Waals surface area contributed by atoms with E-state index < -0.39 is 21.1 Å². The van der Waals surface area contributed by atoms with Crippen LogP contribution in [0.3, 0.4) is 0 Å². The number of sulfone groups is 1. The van der Waals surface area contributed by atoms with Crippen molar-refractivity contribution in [1.82, 2.24) is 9.78 Å². The van der Waals surface area contributed by atoms with Gasteiger partial charge < -0.3 is 5.73 Å². The molecule has 0 amide bonds. The first kappa shape index (κ1) is 11.2. The summed E-state index contributed by atoms with van der Waals surface area (Å²) in [7, 11) is -1.35. The maximum Gasteiger partial charge on any atom is 0.151 e. The summed E-state index contributed by atoms with van der Waals surface area (Å²) in [6, 6.07) is 1.16. The zero-order valence-corrected chi connectivity index (χ0v) is 9.32. The maximum absolute atomic E-state index is 11.2. The van der Waals surface area contributed by atoms with Crippen LogP contribution in [0, 0.1) is 0 Å². The zero-order valence-electron chi connectivity index (χ0n) is 8.51. The Hall–Kier alpha value is -0.880. The number of hydrogen-bond donors (Lipinski definition) is 1. The second kappa shape index (κ2) is 3.70. The Kier molecular flexibility index (Phi) is 2.96. The van der Waals surface area contributed by atoms with Gasteiger partial charge in [-0.15, -0.1) is 0 Å². The predicted molar refractivity (Wildman–Crippen MR) is 54.4 cm³/mol. The van der Waals surface area contributed by atoms with Gasteiger partial charge in [-0.25, -0.2) is 8.42 Å². The van der Waals surface area contributed by atoms with E-state index in [2.05, 4.69) is 5.10 Å². The van der Waals surface area contributed by atoms with Crippen molar-refractivity contribution in [3.05, 3.63) is 18.0 Å². The topological polar surface area (TPSA) is 78.0 Å². The molecular weight excluding hydrogens is 202 g/mol. The molecule has 0 bridgehead atoms. The molecule has 2 unspecified atom stereocenters. The average Bonchev–Trinajstić information content (AvgIpc) is 2.47. The summed E-state index contributed by atoms with van der Waals surface area (Å²) in [5, 5.41) is 3.46. The minimum Gasteiger partial charge on any atom is -0.322 e. The smallest absolute Gasteiger partial charge is 0.151 e. The van der Waals surface area contributed by atoms with Gasteiger partial charge in [-0.3, -0.25) is 4.68 Å². The zero-order chi connectivity index (χ0) is 10.9. The molecule has 0 saturated heterocycles. The molecular formula is C8H15N3O2S. The number of nitrogens with two attached hydrogens (primary N) is 1. The van der Waals surface area contributed by atoms with Gasteiger partial charge in [0.05, 0.1) is 17.0 Å². The van der Waals surface area contributed by atoms with Gasteiger partial charge in [0.25, 0.3) is 0 Å². The van der Waals surface area contributed by atoms with Crippen molar-refractivity contribution in [3.63, 3.8) is 0 Å². The van der Waals surface area contributed by atoms with Crippen molar-refractivity contribution in [2.24, 2.45) is 12.8 Å². The van der Waals surface area contributed by atoms with E-state index in [9.17, 15) is 8.42 Å². The van der Waals surface area contributed by atoms with E-state index in [1.165, 1.54) is 6.26 Å². The van der Waals surface area contributed by atoms with Crippen molar-refractivity contribution in [2.75, 3.05) is 6.26 Å². The minimum absolute atomic E-state index is 0.564. The van der Waals surface area contributed by atoms with E-state index in [1.807, 2.05) is 0 Å². The Morgan fingerprint density at radius 2 is 2.14 bits per heavy atom. The molecule has 1 heterocycles. The Morgan fingerprint density at radius 3 is 2.50 bits per heavy atom. The quantitative estimate of drug-likeness (QED) is 0.764. The highest BCUT2D eigenvalue weighted by Crippen LogP contribution is 2.16. The molecule has 14 heavy (non-hydrogen) atoms. The second-order valence-corrected chi connectivity index (χ2v) is 5.88. The SMILES string of the molecule is CC(C(N)c1ccn(C)n1)S(C)(=O)=O. The molecule has 5 nitrogen and oxygen atoms in total. The molecule has 1 aromatic heterocycles. The highest BCUT2D eigenvalue weighted by Gasteiger charge is 2.25. The van der Waals surface area contributed by atoms with Gasteiger partial charge in [0.2, 0.25) is 0 Å². The van der Waals surface area contributed by atoms with Crippen molar-refractivity contribution in [2.45, 2.75) is 18.2 Å². The molecule has 0 aliphatic heterocycles. The van der Waals surface area contributed by atoms with Crippen molar-refractivity contribution in [1.29, 1.82) is 0 Å². The summed E-state index contributed by atoms with van der Waals surface area (Å²) in [5.74, 6) is 0. The Morgan fingerprint density at radius 1 is 1.57 bits per heavy atom. The van der Waals surface area contributed by atoms with Gasteiger partial charge >= 0.3 is 0 Å². The van der Waals surface area contributed by atoms with E-state index in [0.717, 1.165) is 0 Å². The van der Waals surface area contributed by atoms with Crippen LogP contribution >= 0.6 is 0 Å². The molecule has 0 aromatic carbocycles. The van der Waals surface area contributed by atoms with Gasteiger partial charge in [-0.05, 0) is 13.0 Å². The van der Waals surface area contributed by atoms with Gasteiger partial charge in [0.1, 0.15) is 0 Å². The minimum atomic E-state index is -3.12. The first-order valence-corrected chi connectivity index (χ1v) is 6.22. The Bertz CT molecular complexity index is 410. The van der Waals surface area contributed by atoms with Crippen LogP contribution in [0.2, 0.25) is 0 Å². The van der Waals surface area contributed by atoms with Crippen LogP contribution in [0.15, 0.2) is 12.3 Å². The first-order chi connectivity index (χ1) is 6.32. The van der Waals surface area contributed by atoms with Crippen LogP contribution in [0.5, 0.6) is 0 Å². The first-order valence-electron chi connectivity index (χ1n) is 4.26. The van der Waals surface area contributed by atoms with Crippen LogP contribution in [-0.4, -0.2) is 29.7 Å². The van der Waals surface area contributed by atoms with E-state index in [-0.39, 0.29) is 0 Å². The van der Waals surface area contributed by atoms with Gasteiger partial charge in [-0.1, -0.05) is 0 Å². The fraction of sp³-hybridized carbons (Fsp3) is 0.625. The highest BCUT2D eigenvalue weighted by molar-refractivity contribution is 7.91.